The molecular weight excluding hydrogens is 240 g/mol. The predicted molar refractivity (Wildman–Crippen MR) is 66.7 cm³/mol. The number of benzene rings is 1. The topological polar surface area (TPSA) is 38.7 Å². The van der Waals surface area contributed by atoms with E-state index in [1.165, 1.54) is 0 Å². The van der Waals surface area contributed by atoms with Gasteiger partial charge in [-0.1, -0.05) is 11.6 Å². The first-order chi connectivity index (χ1) is 8.09. The Labute approximate surface area is 106 Å². The average Bonchev–Trinajstić information content (AvgIpc) is 2.32. The molecule has 0 amide bonds. The van der Waals surface area contributed by atoms with E-state index in [4.69, 9.17) is 21.1 Å². The zero-order chi connectivity index (χ0) is 12.3. The number of aryl methyl sites for hydroxylation is 1. The smallest absolute Gasteiger partial charge is 0.119 e. The monoisotopic (exact) mass is 256 g/mol. The molecule has 0 unspecified atom stereocenters. The number of ether oxygens (including phenoxy) is 2. The fourth-order valence-corrected chi connectivity index (χ4v) is 1.94. The molecule has 0 saturated carbocycles. The quantitative estimate of drug-likeness (QED) is 0.903. The Bertz CT molecular complexity index is 386. The highest BCUT2D eigenvalue weighted by Gasteiger charge is 2.30. The number of rotatable bonds is 3. The summed E-state index contributed by atoms with van der Waals surface area (Å²) in [6.07, 6.45) is 1.25. The van der Waals surface area contributed by atoms with Crippen LogP contribution in [0.2, 0.25) is 5.02 Å². The van der Waals surface area contributed by atoms with Crippen molar-refractivity contribution in [1.29, 1.82) is 0 Å². The van der Waals surface area contributed by atoms with E-state index in [1.54, 1.807) is 6.07 Å². The molecule has 1 aromatic rings. The summed E-state index contributed by atoms with van der Waals surface area (Å²) < 4.78 is 10.8. The molecule has 1 saturated heterocycles. The van der Waals surface area contributed by atoms with Crippen LogP contribution in [0.4, 0.5) is 0 Å². The summed E-state index contributed by atoms with van der Waals surface area (Å²) >= 11 is 5.94. The number of hydrogen-bond acceptors (Lipinski definition) is 3. The Hall–Kier alpha value is -0.770. The van der Waals surface area contributed by atoms with Crippen LogP contribution in [0.15, 0.2) is 18.2 Å². The van der Waals surface area contributed by atoms with Crippen molar-refractivity contribution < 1.29 is 14.6 Å². The first-order valence-electron chi connectivity index (χ1n) is 5.78. The van der Waals surface area contributed by atoms with E-state index in [0.29, 0.717) is 32.7 Å². The third kappa shape index (κ3) is 3.35. The number of hydrogen-bond donors (Lipinski definition) is 1. The molecule has 0 aromatic heterocycles. The fourth-order valence-electron chi connectivity index (χ4n) is 1.82. The standard InChI is InChI=1S/C13H17ClO3/c1-10-8-11(2-3-12(10)14)17-9-13(15)4-6-16-7-5-13/h2-3,8,15H,4-7,9H2,1H3. The molecule has 0 bridgehead atoms. The van der Waals surface area contributed by atoms with E-state index in [2.05, 4.69) is 0 Å². The van der Waals surface area contributed by atoms with Gasteiger partial charge in [0.05, 0.1) is 0 Å². The van der Waals surface area contributed by atoms with Gasteiger partial charge in [-0.25, -0.2) is 0 Å². The molecule has 1 N–H and O–H groups in total. The van der Waals surface area contributed by atoms with E-state index in [1.807, 2.05) is 19.1 Å². The van der Waals surface area contributed by atoms with E-state index >= 15 is 0 Å². The van der Waals surface area contributed by atoms with Crippen molar-refractivity contribution in [3.05, 3.63) is 28.8 Å². The van der Waals surface area contributed by atoms with Crippen LogP contribution in [0.1, 0.15) is 18.4 Å². The van der Waals surface area contributed by atoms with Crippen LogP contribution in [-0.2, 0) is 4.74 Å². The van der Waals surface area contributed by atoms with Crippen LogP contribution >= 0.6 is 11.6 Å². The molecule has 17 heavy (non-hydrogen) atoms. The summed E-state index contributed by atoms with van der Waals surface area (Å²) in [4.78, 5) is 0. The fraction of sp³-hybridized carbons (Fsp3) is 0.538. The van der Waals surface area contributed by atoms with Gasteiger partial charge < -0.3 is 14.6 Å². The Morgan fingerprint density at radius 1 is 1.41 bits per heavy atom. The molecule has 2 rings (SSSR count). The minimum absolute atomic E-state index is 0.303. The van der Waals surface area contributed by atoms with Crippen molar-refractivity contribution in [2.75, 3.05) is 19.8 Å². The van der Waals surface area contributed by atoms with Crippen molar-refractivity contribution in [2.24, 2.45) is 0 Å². The second kappa shape index (κ2) is 5.25. The zero-order valence-corrected chi connectivity index (χ0v) is 10.7. The van der Waals surface area contributed by atoms with E-state index < -0.39 is 5.60 Å². The van der Waals surface area contributed by atoms with Gasteiger partial charge in [0.2, 0.25) is 0 Å². The molecule has 1 aromatic carbocycles. The predicted octanol–water partition coefficient (Wildman–Crippen LogP) is 2.57. The Balaban J connectivity index is 1.94. The summed E-state index contributed by atoms with van der Waals surface area (Å²) in [6.45, 7) is 3.43. The normalized spacial score (nSPS) is 19.0. The SMILES string of the molecule is Cc1cc(OCC2(O)CCOCC2)ccc1Cl. The van der Waals surface area contributed by atoms with Gasteiger partial charge in [-0.15, -0.1) is 0 Å². The Kier molecular flexibility index (Phi) is 3.92. The molecule has 4 heteroatoms. The lowest BCUT2D eigenvalue weighted by Crippen LogP contribution is -2.41. The van der Waals surface area contributed by atoms with Gasteiger partial charge in [-0.2, -0.15) is 0 Å². The average molecular weight is 257 g/mol. The number of aliphatic hydroxyl groups is 1. The van der Waals surface area contributed by atoms with E-state index in [9.17, 15) is 5.11 Å². The lowest BCUT2D eigenvalue weighted by Gasteiger charge is -2.31. The molecule has 1 aliphatic heterocycles. The van der Waals surface area contributed by atoms with Gasteiger partial charge in [0.15, 0.2) is 0 Å². The lowest BCUT2D eigenvalue weighted by atomic mass is 9.96. The lowest BCUT2D eigenvalue weighted by molar-refractivity contribution is -0.0855. The second-order valence-electron chi connectivity index (χ2n) is 4.54. The van der Waals surface area contributed by atoms with E-state index in [0.717, 1.165) is 16.3 Å². The van der Waals surface area contributed by atoms with Crippen molar-refractivity contribution in [3.8, 4) is 5.75 Å². The van der Waals surface area contributed by atoms with Crippen LogP contribution in [0, 0.1) is 6.92 Å². The first kappa shape index (κ1) is 12.7. The van der Waals surface area contributed by atoms with Crippen LogP contribution < -0.4 is 4.74 Å². The van der Waals surface area contributed by atoms with Gasteiger partial charge in [-0.05, 0) is 30.7 Å². The maximum atomic E-state index is 10.2. The van der Waals surface area contributed by atoms with Gasteiger partial charge in [0.25, 0.3) is 0 Å². The molecule has 0 radical (unpaired) electrons. The van der Waals surface area contributed by atoms with Gasteiger partial charge in [-0.3, -0.25) is 0 Å². The highest BCUT2D eigenvalue weighted by Crippen LogP contribution is 2.24. The molecule has 1 aliphatic rings. The maximum Gasteiger partial charge on any atom is 0.119 e. The summed E-state index contributed by atoms with van der Waals surface area (Å²) in [5.74, 6) is 0.742. The molecule has 1 heterocycles. The first-order valence-corrected chi connectivity index (χ1v) is 6.16. The minimum atomic E-state index is -0.758. The Morgan fingerprint density at radius 2 is 2.12 bits per heavy atom. The zero-order valence-electron chi connectivity index (χ0n) is 9.91. The molecule has 0 spiro atoms. The summed E-state index contributed by atoms with van der Waals surface area (Å²) in [7, 11) is 0. The third-order valence-corrected chi connectivity index (χ3v) is 3.48. The molecular formula is C13H17ClO3. The van der Waals surface area contributed by atoms with Crippen LogP contribution in [-0.4, -0.2) is 30.5 Å². The van der Waals surface area contributed by atoms with Crippen LogP contribution in [0.5, 0.6) is 5.75 Å². The minimum Gasteiger partial charge on any atom is -0.491 e. The molecule has 0 aliphatic carbocycles. The van der Waals surface area contributed by atoms with Gasteiger partial charge >= 0.3 is 0 Å². The van der Waals surface area contributed by atoms with Crippen molar-refractivity contribution in [1.82, 2.24) is 0 Å². The second-order valence-corrected chi connectivity index (χ2v) is 4.94. The van der Waals surface area contributed by atoms with Crippen molar-refractivity contribution in [3.63, 3.8) is 0 Å². The summed E-state index contributed by atoms with van der Waals surface area (Å²) in [6, 6.07) is 5.50. The maximum absolute atomic E-state index is 10.2. The highest BCUT2D eigenvalue weighted by molar-refractivity contribution is 6.31. The van der Waals surface area contributed by atoms with Gasteiger partial charge in [0, 0.05) is 31.1 Å². The largest absolute Gasteiger partial charge is 0.491 e. The van der Waals surface area contributed by atoms with Crippen LogP contribution in [0.25, 0.3) is 0 Å². The van der Waals surface area contributed by atoms with Crippen LogP contribution in [0.3, 0.4) is 0 Å². The van der Waals surface area contributed by atoms with Crippen molar-refractivity contribution in [2.45, 2.75) is 25.4 Å². The Morgan fingerprint density at radius 3 is 2.76 bits per heavy atom. The molecule has 94 valence electrons. The third-order valence-electron chi connectivity index (χ3n) is 3.06. The number of halogens is 1. The molecule has 1 fully saturated rings. The molecule has 0 atom stereocenters. The molecule has 3 nitrogen and oxygen atoms in total. The van der Waals surface area contributed by atoms with Gasteiger partial charge in [0.1, 0.15) is 18.0 Å². The summed E-state index contributed by atoms with van der Waals surface area (Å²) in [5, 5.41) is 10.9. The van der Waals surface area contributed by atoms with Crippen molar-refractivity contribution >= 4 is 11.6 Å². The summed E-state index contributed by atoms with van der Waals surface area (Å²) in [5.41, 5.74) is 0.217. The van der Waals surface area contributed by atoms with E-state index in [-0.39, 0.29) is 0 Å². The highest BCUT2D eigenvalue weighted by atomic mass is 35.5.